The SMILES string of the molecule is NC1(C(=O)N2CCN(C(=O)CCC3CCCC3)CC2)CCOCC1. The van der Waals surface area contributed by atoms with Gasteiger partial charge in [-0.05, 0) is 25.2 Å². The summed E-state index contributed by atoms with van der Waals surface area (Å²) >= 11 is 0. The van der Waals surface area contributed by atoms with Gasteiger partial charge in [0.2, 0.25) is 11.8 Å². The van der Waals surface area contributed by atoms with Crippen molar-refractivity contribution in [1.82, 2.24) is 9.80 Å². The zero-order chi connectivity index (χ0) is 17.0. The molecule has 2 aliphatic heterocycles. The van der Waals surface area contributed by atoms with Gasteiger partial charge in [0, 0.05) is 45.8 Å². The average molecular weight is 337 g/mol. The Labute approximate surface area is 144 Å². The molecule has 3 aliphatic rings. The Balaban J connectivity index is 1.43. The fraction of sp³-hybridized carbons (Fsp3) is 0.889. The van der Waals surface area contributed by atoms with Crippen LogP contribution in [-0.2, 0) is 14.3 Å². The average Bonchev–Trinajstić information content (AvgIpc) is 3.13. The second-order valence-electron chi connectivity index (χ2n) is 7.63. The van der Waals surface area contributed by atoms with E-state index in [1.54, 1.807) is 0 Å². The number of carbonyl (C=O) groups excluding carboxylic acids is 2. The number of nitrogens with zero attached hydrogens (tertiary/aromatic N) is 2. The fourth-order valence-corrected chi connectivity index (χ4v) is 4.21. The van der Waals surface area contributed by atoms with Crippen LogP contribution in [0.3, 0.4) is 0 Å². The van der Waals surface area contributed by atoms with Crippen molar-refractivity contribution in [2.24, 2.45) is 11.7 Å². The highest BCUT2D eigenvalue weighted by molar-refractivity contribution is 5.86. The molecule has 0 aromatic carbocycles. The third-order valence-corrected chi connectivity index (χ3v) is 5.97. The van der Waals surface area contributed by atoms with Crippen LogP contribution in [0.25, 0.3) is 0 Å². The van der Waals surface area contributed by atoms with E-state index in [-0.39, 0.29) is 11.8 Å². The number of ether oxygens (including phenoxy) is 1. The number of hydrogen-bond acceptors (Lipinski definition) is 4. The summed E-state index contributed by atoms with van der Waals surface area (Å²) in [5.74, 6) is 1.04. The number of carbonyl (C=O) groups is 2. The zero-order valence-electron chi connectivity index (χ0n) is 14.7. The number of nitrogens with two attached hydrogens (primary N) is 1. The van der Waals surface area contributed by atoms with Crippen LogP contribution in [0.15, 0.2) is 0 Å². The maximum atomic E-state index is 12.7. The van der Waals surface area contributed by atoms with Crippen LogP contribution in [-0.4, -0.2) is 66.5 Å². The van der Waals surface area contributed by atoms with E-state index in [0.717, 1.165) is 12.3 Å². The van der Waals surface area contributed by atoms with Crippen LogP contribution < -0.4 is 5.73 Å². The fourth-order valence-electron chi connectivity index (χ4n) is 4.21. The Morgan fingerprint density at radius 2 is 1.58 bits per heavy atom. The second kappa shape index (κ2) is 7.83. The van der Waals surface area contributed by atoms with Crippen molar-refractivity contribution in [3.8, 4) is 0 Å². The van der Waals surface area contributed by atoms with Crippen molar-refractivity contribution >= 4 is 11.8 Å². The number of rotatable bonds is 4. The molecule has 6 nitrogen and oxygen atoms in total. The monoisotopic (exact) mass is 337 g/mol. The lowest BCUT2D eigenvalue weighted by Gasteiger charge is -2.41. The lowest BCUT2D eigenvalue weighted by molar-refractivity contribution is -0.145. The van der Waals surface area contributed by atoms with Gasteiger partial charge in [-0.3, -0.25) is 9.59 Å². The van der Waals surface area contributed by atoms with E-state index >= 15 is 0 Å². The van der Waals surface area contributed by atoms with E-state index in [9.17, 15) is 9.59 Å². The summed E-state index contributed by atoms with van der Waals surface area (Å²) in [5.41, 5.74) is 5.52. The predicted molar refractivity (Wildman–Crippen MR) is 91.3 cm³/mol. The minimum absolute atomic E-state index is 0.0313. The molecule has 2 N–H and O–H groups in total. The van der Waals surface area contributed by atoms with E-state index in [2.05, 4.69) is 0 Å². The molecule has 3 fully saturated rings. The summed E-state index contributed by atoms with van der Waals surface area (Å²) in [6.45, 7) is 3.61. The molecule has 6 heteroatoms. The molecule has 0 atom stereocenters. The van der Waals surface area contributed by atoms with E-state index < -0.39 is 5.54 Å². The van der Waals surface area contributed by atoms with Crippen LogP contribution in [0.1, 0.15) is 51.4 Å². The number of hydrogen-bond donors (Lipinski definition) is 1. The molecule has 136 valence electrons. The maximum Gasteiger partial charge on any atom is 0.242 e. The standard InChI is InChI=1S/C18H31N3O3/c19-18(7-13-24-14-8-18)17(23)21-11-9-20(10-12-21)16(22)6-5-15-3-1-2-4-15/h15H,1-14,19H2. The summed E-state index contributed by atoms with van der Waals surface area (Å²) in [6, 6.07) is 0. The molecule has 0 spiro atoms. The van der Waals surface area contributed by atoms with Crippen LogP contribution in [0, 0.1) is 5.92 Å². The summed E-state index contributed by atoms with van der Waals surface area (Å²) in [7, 11) is 0. The van der Waals surface area contributed by atoms with E-state index in [4.69, 9.17) is 10.5 Å². The van der Waals surface area contributed by atoms with Gasteiger partial charge >= 0.3 is 0 Å². The third kappa shape index (κ3) is 4.09. The minimum atomic E-state index is -0.771. The van der Waals surface area contributed by atoms with Crippen molar-refractivity contribution in [3.63, 3.8) is 0 Å². The molecule has 0 bridgehead atoms. The van der Waals surface area contributed by atoms with Crippen molar-refractivity contribution in [2.45, 2.75) is 56.9 Å². The van der Waals surface area contributed by atoms with Gasteiger partial charge in [-0.2, -0.15) is 0 Å². The smallest absolute Gasteiger partial charge is 0.242 e. The van der Waals surface area contributed by atoms with E-state index in [0.29, 0.717) is 58.7 Å². The van der Waals surface area contributed by atoms with Gasteiger partial charge in [0.05, 0.1) is 5.54 Å². The molecule has 2 amide bonds. The molecular formula is C18H31N3O3. The molecule has 0 aromatic heterocycles. The van der Waals surface area contributed by atoms with Gasteiger partial charge in [-0.1, -0.05) is 25.7 Å². The van der Waals surface area contributed by atoms with Gasteiger partial charge in [-0.25, -0.2) is 0 Å². The van der Waals surface area contributed by atoms with Crippen molar-refractivity contribution < 1.29 is 14.3 Å². The summed E-state index contributed by atoms with van der Waals surface area (Å²) in [6.07, 6.45) is 8.10. The molecule has 1 aliphatic carbocycles. The Morgan fingerprint density at radius 1 is 1.00 bits per heavy atom. The maximum absolute atomic E-state index is 12.7. The minimum Gasteiger partial charge on any atom is -0.381 e. The molecular weight excluding hydrogens is 306 g/mol. The zero-order valence-corrected chi connectivity index (χ0v) is 14.7. The van der Waals surface area contributed by atoms with Crippen molar-refractivity contribution in [3.05, 3.63) is 0 Å². The topological polar surface area (TPSA) is 75.9 Å². The first-order valence-corrected chi connectivity index (χ1v) is 9.52. The van der Waals surface area contributed by atoms with Crippen molar-refractivity contribution in [1.29, 1.82) is 0 Å². The largest absolute Gasteiger partial charge is 0.381 e. The molecule has 0 radical (unpaired) electrons. The van der Waals surface area contributed by atoms with Crippen LogP contribution in [0.2, 0.25) is 0 Å². The molecule has 3 rings (SSSR count). The highest BCUT2D eigenvalue weighted by Gasteiger charge is 2.40. The summed E-state index contributed by atoms with van der Waals surface area (Å²) < 4.78 is 5.32. The molecule has 2 saturated heterocycles. The van der Waals surface area contributed by atoms with Crippen molar-refractivity contribution in [2.75, 3.05) is 39.4 Å². The van der Waals surface area contributed by atoms with Gasteiger partial charge in [-0.15, -0.1) is 0 Å². The Morgan fingerprint density at radius 3 is 2.21 bits per heavy atom. The van der Waals surface area contributed by atoms with Gasteiger partial charge in [0.25, 0.3) is 0 Å². The molecule has 24 heavy (non-hydrogen) atoms. The first kappa shape index (κ1) is 17.7. The van der Waals surface area contributed by atoms with Crippen LogP contribution in [0.4, 0.5) is 0 Å². The lowest BCUT2D eigenvalue weighted by atomic mass is 9.89. The molecule has 1 saturated carbocycles. The first-order valence-electron chi connectivity index (χ1n) is 9.52. The van der Waals surface area contributed by atoms with E-state index in [1.165, 1.54) is 25.7 Å². The molecule has 0 aromatic rings. The highest BCUT2D eigenvalue weighted by Crippen LogP contribution is 2.29. The lowest BCUT2D eigenvalue weighted by Crippen LogP contribution is -2.61. The summed E-state index contributed by atoms with van der Waals surface area (Å²) in [4.78, 5) is 28.8. The Hall–Kier alpha value is -1.14. The Kier molecular flexibility index (Phi) is 5.76. The normalized spacial score (nSPS) is 25.0. The first-order chi connectivity index (χ1) is 11.6. The molecule has 0 unspecified atom stereocenters. The van der Waals surface area contributed by atoms with Gasteiger partial charge in [0.15, 0.2) is 0 Å². The predicted octanol–water partition coefficient (Wildman–Crippen LogP) is 1.14. The van der Waals surface area contributed by atoms with Crippen LogP contribution in [0.5, 0.6) is 0 Å². The number of amides is 2. The Bertz CT molecular complexity index is 448. The third-order valence-electron chi connectivity index (χ3n) is 5.97. The quantitative estimate of drug-likeness (QED) is 0.834. The van der Waals surface area contributed by atoms with Gasteiger partial charge in [0.1, 0.15) is 0 Å². The number of piperazine rings is 1. The molecule has 2 heterocycles. The van der Waals surface area contributed by atoms with Gasteiger partial charge < -0.3 is 20.3 Å². The van der Waals surface area contributed by atoms with E-state index in [1.807, 2.05) is 9.80 Å². The highest BCUT2D eigenvalue weighted by atomic mass is 16.5. The second-order valence-corrected chi connectivity index (χ2v) is 7.63. The van der Waals surface area contributed by atoms with Crippen LogP contribution >= 0.6 is 0 Å². The summed E-state index contributed by atoms with van der Waals surface area (Å²) in [5, 5.41) is 0.